The van der Waals surface area contributed by atoms with Gasteiger partial charge in [-0.25, -0.2) is 9.59 Å². The average Bonchev–Trinajstić information content (AvgIpc) is 3.00. The summed E-state index contributed by atoms with van der Waals surface area (Å²) in [7, 11) is 1.55. The standard InChI is InChI=1S/C28H34ClN3O5S/c1-6-22(17-8-7-9-18(12-17)26(34)37-28(2,3)4)31-27(35)32-16-24(38)30-15-20(25(32)33)13-19-14-21(29)10-11-23(19)36-5/h7-12,14,20,22H,6,13,15-16H2,1-5H3,(H,30,38)(H,31,35)/t20-,22-/m1/s1. The summed E-state index contributed by atoms with van der Waals surface area (Å²) in [6.45, 7) is 7.57. The topological polar surface area (TPSA) is 97.0 Å². The molecule has 1 fully saturated rings. The normalized spacial score (nSPS) is 16.8. The monoisotopic (exact) mass is 559 g/mol. The fraction of sp³-hybridized carbons (Fsp3) is 0.429. The van der Waals surface area contributed by atoms with E-state index >= 15 is 0 Å². The number of carbonyl (C=O) groups excluding carboxylic acids is 3. The Morgan fingerprint density at radius 2 is 1.97 bits per heavy atom. The predicted molar refractivity (Wildman–Crippen MR) is 151 cm³/mol. The van der Waals surface area contributed by atoms with Gasteiger partial charge < -0.3 is 20.1 Å². The van der Waals surface area contributed by atoms with Crippen LogP contribution in [0.1, 0.15) is 61.6 Å². The zero-order valence-electron chi connectivity index (χ0n) is 22.3. The molecule has 2 aromatic carbocycles. The first-order valence-corrected chi connectivity index (χ1v) is 13.2. The highest BCUT2D eigenvalue weighted by Gasteiger charge is 2.34. The van der Waals surface area contributed by atoms with Crippen molar-refractivity contribution in [2.75, 3.05) is 20.2 Å². The van der Waals surface area contributed by atoms with Crippen LogP contribution in [0.4, 0.5) is 4.79 Å². The average molecular weight is 560 g/mol. The van der Waals surface area contributed by atoms with E-state index in [9.17, 15) is 14.4 Å². The van der Waals surface area contributed by atoms with Gasteiger partial charge in [0.1, 0.15) is 11.4 Å². The van der Waals surface area contributed by atoms with E-state index in [0.717, 1.165) is 16.0 Å². The summed E-state index contributed by atoms with van der Waals surface area (Å²) in [5, 5.41) is 6.55. The van der Waals surface area contributed by atoms with E-state index in [1.807, 2.05) is 13.0 Å². The van der Waals surface area contributed by atoms with E-state index in [-0.39, 0.29) is 19.0 Å². The molecule has 3 rings (SSSR count). The van der Waals surface area contributed by atoms with Gasteiger partial charge in [0.05, 0.1) is 36.2 Å². The van der Waals surface area contributed by atoms with Crippen molar-refractivity contribution in [3.63, 3.8) is 0 Å². The van der Waals surface area contributed by atoms with Gasteiger partial charge in [0.15, 0.2) is 0 Å². The Morgan fingerprint density at radius 1 is 1.24 bits per heavy atom. The second-order valence-corrected chi connectivity index (χ2v) is 11.1. The van der Waals surface area contributed by atoms with E-state index in [2.05, 4.69) is 10.6 Å². The molecule has 0 aliphatic carbocycles. The summed E-state index contributed by atoms with van der Waals surface area (Å²) in [5.41, 5.74) is 1.25. The van der Waals surface area contributed by atoms with Crippen molar-refractivity contribution in [3.05, 3.63) is 64.2 Å². The van der Waals surface area contributed by atoms with E-state index in [1.165, 1.54) is 0 Å². The molecule has 0 aromatic heterocycles. The van der Waals surface area contributed by atoms with Gasteiger partial charge in [0.2, 0.25) is 5.91 Å². The predicted octanol–water partition coefficient (Wildman–Crippen LogP) is 5.08. The number of hydrogen-bond donors (Lipinski definition) is 2. The summed E-state index contributed by atoms with van der Waals surface area (Å²) < 4.78 is 10.9. The molecule has 0 saturated carbocycles. The van der Waals surface area contributed by atoms with Gasteiger partial charge in [-0.2, -0.15) is 0 Å². The number of carbonyl (C=O) groups is 3. The lowest BCUT2D eigenvalue weighted by Gasteiger charge is -2.26. The number of imide groups is 1. The van der Waals surface area contributed by atoms with Gasteiger partial charge in [0.25, 0.3) is 0 Å². The lowest BCUT2D eigenvalue weighted by Crippen LogP contribution is -2.48. The Hall–Kier alpha value is -3.17. The zero-order chi connectivity index (χ0) is 28.0. The first kappa shape index (κ1) is 29.4. The van der Waals surface area contributed by atoms with Gasteiger partial charge in [-0.1, -0.05) is 42.9 Å². The minimum Gasteiger partial charge on any atom is -0.496 e. The minimum absolute atomic E-state index is 0.0302. The Balaban J connectivity index is 1.79. The van der Waals surface area contributed by atoms with Crippen LogP contribution in [0, 0.1) is 5.92 Å². The fourth-order valence-electron chi connectivity index (χ4n) is 4.19. The molecule has 10 heteroatoms. The smallest absolute Gasteiger partial charge is 0.338 e. The van der Waals surface area contributed by atoms with Gasteiger partial charge in [-0.15, -0.1) is 0 Å². The molecule has 2 N–H and O–H groups in total. The number of nitrogens with one attached hydrogen (secondary N) is 2. The van der Waals surface area contributed by atoms with E-state index in [4.69, 9.17) is 33.3 Å². The zero-order valence-corrected chi connectivity index (χ0v) is 23.9. The lowest BCUT2D eigenvalue weighted by atomic mass is 9.97. The lowest BCUT2D eigenvalue weighted by molar-refractivity contribution is -0.131. The van der Waals surface area contributed by atoms with Crippen molar-refractivity contribution in [3.8, 4) is 5.75 Å². The maximum atomic E-state index is 13.5. The van der Waals surface area contributed by atoms with Crippen molar-refractivity contribution >= 4 is 46.7 Å². The third-order valence-corrected chi connectivity index (χ3v) is 6.55. The number of urea groups is 1. The Bertz CT molecular complexity index is 1210. The van der Waals surface area contributed by atoms with Crippen LogP contribution >= 0.6 is 23.8 Å². The first-order valence-electron chi connectivity index (χ1n) is 12.5. The van der Waals surface area contributed by atoms with E-state index < -0.39 is 29.6 Å². The maximum absolute atomic E-state index is 13.5. The highest BCUT2D eigenvalue weighted by Crippen LogP contribution is 2.27. The van der Waals surface area contributed by atoms with Crippen LogP contribution in [0.15, 0.2) is 42.5 Å². The van der Waals surface area contributed by atoms with Crippen molar-refractivity contribution in [2.24, 2.45) is 5.92 Å². The molecule has 1 heterocycles. The van der Waals surface area contributed by atoms with E-state index in [1.54, 1.807) is 64.3 Å². The molecule has 1 aliphatic rings. The molecule has 2 atom stereocenters. The number of rotatable bonds is 7. The van der Waals surface area contributed by atoms with Crippen LogP contribution in [-0.4, -0.2) is 53.6 Å². The molecule has 2 aromatic rings. The fourth-order valence-corrected chi connectivity index (χ4v) is 4.60. The van der Waals surface area contributed by atoms with Gasteiger partial charge >= 0.3 is 12.0 Å². The van der Waals surface area contributed by atoms with Gasteiger partial charge in [-0.3, -0.25) is 9.69 Å². The van der Waals surface area contributed by atoms with Crippen LogP contribution in [0.2, 0.25) is 5.02 Å². The van der Waals surface area contributed by atoms with Crippen molar-refractivity contribution in [1.82, 2.24) is 15.5 Å². The minimum atomic E-state index is -0.628. The van der Waals surface area contributed by atoms with Crippen molar-refractivity contribution in [2.45, 2.75) is 52.2 Å². The van der Waals surface area contributed by atoms with Crippen LogP contribution in [0.25, 0.3) is 0 Å². The summed E-state index contributed by atoms with van der Waals surface area (Å²) in [4.78, 5) is 41.0. The van der Waals surface area contributed by atoms with Crippen LogP contribution in [0.3, 0.4) is 0 Å². The SMILES string of the molecule is CC[C@@H](NC(=O)N1CC(=S)NC[C@@H](Cc2cc(Cl)ccc2OC)C1=O)c1cccc(C(=O)OC(C)(C)C)c1. The highest BCUT2D eigenvalue weighted by molar-refractivity contribution is 7.80. The molecule has 0 bridgehead atoms. The quantitative estimate of drug-likeness (QED) is 0.360. The van der Waals surface area contributed by atoms with Crippen molar-refractivity contribution in [1.29, 1.82) is 0 Å². The number of esters is 1. The Kier molecular flexibility index (Phi) is 9.73. The number of ether oxygens (including phenoxy) is 2. The van der Waals surface area contributed by atoms with Gasteiger partial charge in [0, 0.05) is 11.6 Å². The molecular weight excluding hydrogens is 526 g/mol. The molecular formula is C28H34ClN3O5S. The first-order chi connectivity index (χ1) is 17.9. The van der Waals surface area contributed by atoms with Crippen LogP contribution in [0.5, 0.6) is 5.75 Å². The second kappa shape index (κ2) is 12.6. The summed E-state index contributed by atoms with van der Waals surface area (Å²) in [6, 6.07) is 11.2. The number of thiocarbonyl (C=S) groups is 1. The number of methoxy groups -OCH3 is 1. The molecule has 0 radical (unpaired) electrons. The van der Waals surface area contributed by atoms with Crippen molar-refractivity contribution < 1.29 is 23.9 Å². The highest BCUT2D eigenvalue weighted by atomic mass is 35.5. The molecule has 3 amide bonds. The van der Waals surface area contributed by atoms with Gasteiger partial charge in [-0.05, 0) is 75.1 Å². The molecule has 8 nitrogen and oxygen atoms in total. The number of halogens is 1. The molecule has 38 heavy (non-hydrogen) atoms. The number of benzene rings is 2. The Labute approximate surface area is 234 Å². The van der Waals surface area contributed by atoms with Crippen LogP contribution in [-0.2, 0) is 16.0 Å². The van der Waals surface area contributed by atoms with Crippen LogP contribution < -0.4 is 15.4 Å². The molecule has 0 unspecified atom stereocenters. The second-order valence-electron chi connectivity index (χ2n) is 10.1. The summed E-state index contributed by atoms with van der Waals surface area (Å²) in [6.07, 6.45) is 0.856. The largest absolute Gasteiger partial charge is 0.496 e. The maximum Gasteiger partial charge on any atom is 0.338 e. The number of nitrogens with zero attached hydrogens (tertiary/aromatic N) is 1. The van der Waals surface area contributed by atoms with E-state index in [0.29, 0.717) is 34.2 Å². The summed E-state index contributed by atoms with van der Waals surface area (Å²) >= 11 is 11.5. The number of hydrogen-bond acceptors (Lipinski definition) is 6. The number of amides is 3. The Morgan fingerprint density at radius 3 is 2.63 bits per heavy atom. The molecule has 204 valence electrons. The third-order valence-electron chi connectivity index (χ3n) is 6.05. The molecule has 0 spiro atoms. The molecule has 1 aliphatic heterocycles. The third kappa shape index (κ3) is 7.68. The molecule has 1 saturated heterocycles. The summed E-state index contributed by atoms with van der Waals surface area (Å²) in [5.74, 6) is -0.752.